The van der Waals surface area contributed by atoms with Crippen molar-refractivity contribution >= 4 is 44.4 Å². The van der Waals surface area contributed by atoms with Gasteiger partial charge in [0.05, 0.1) is 0 Å². The van der Waals surface area contributed by atoms with E-state index in [2.05, 4.69) is 5.32 Å². The number of aliphatic hydroxyl groups excluding tert-OH is 3. The fourth-order valence-electron chi connectivity index (χ4n) is 5.04. The van der Waals surface area contributed by atoms with Crippen LogP contribution in [0.25, 0.3) is 32.3 Å². The first-order valence-electron chi connectivity index (χ1n) is 11.9. The third-order valence-corrected chi connectivity index (χ3v) is 6.64. The van der Waals surface area contributed by atoms with Gasteiger partial charge in [-0.2, -0.15) is 0 Å². The molecule has 5 atom stereocenters. The molecule has 4 aromatic rings. The molecule has 0 aromatic heterocycles. The van der Waals surface area contributed by atoms with Gasteiger partial charge in [0.1, 0.15) is 30.0 Å². The molecule has 36 heavy (non-hydrogen) atoms. The van der Waals surface area contributed by atoms with Crippen molar-refractivity contribution in [2.45, 2.75) is 63.8 Å². The lowest BCUT2D eigenvalue weighted by molar-refractivity contribution is -0.172. The van der Waals surface area contributed by atoms with Crippen molar-refractivity contribution in [1.82, 2.24) is 5.32 Å². The molecular weight excluding hydrogens is 462 g/mol. The Morgan fingerprint density at radius 2 is 1.56 bits per heavy atom. The van der Waals surface area contributed by atoms with E-state index in [1.165, 1.54) is 6.92 Å². The molecule has 1 amide bonds. The largest absolute Gasteiger partial charge is 0.453 e. The number of alkyl carbamates (subject to hydrolysis) is 1. The van der Waals surface area contributed by atoms with Crippen LogP contribution in [0.2, 0.25) is 0 Å². The second kappa shape index (κ2) is 8.58. The number of esters is 1. The standard InChI is InChI=1S/C28H29NO7/c1-13(29-27(34)36-28(2,3)4)26(33)35-25-21-17-11-10-15-7-5-6-14-8-9-16(20(17)19(14)15)12-18(21)22(30)23(31)24(25)32/h5-13,22-25,30-32H,1-4H3,(H,29,34)/t13-,22+,23-,24-,25-/m0/s1. The lowest BCUT2D eigenvalue weighted by Gasteiger charge is -2.38. The lowest BCUT2D eigenvalue weighted by Crippen LogP contribution is -2.47. The Labute approximate surface area is 207 Å². The van der Waals surface area contributed by atoms with Gasteiger partial charge in [0.15, 0.2) is 6.10 Å². The van der Waals surface area contributed by atoms with E-state index >= 15 is 0 Å². The number of benzene rings is 4. The van der Waals surface area contributed by atoms with Crippen LogP contribution >= 0.6 is 0 Å². The van der Waals surface area contributed by atoms with E-state index in [0.717, 1.165) is 26.9 Å². The zero-order valence-corrected chi connectivity index (χ0v) is 20.5. The number of hydrogen-bond donors (Lipinski definition) is 4. The summed E-state index contributed by atoms with van der Waals surface area (Å²) in [4.78, 5) is 25.1. The maximum absolute atomic E-state index is 13.0. The molecule has 188 valence electrons. The predicted molar refractivity (Wildman–Crippen MR) is 135 cm³/mol. The highest BCUT2D eigenvalue weighted by Crippen LogP contribution is 2.46. The van der Waals surface area contributed by atoms with Crippen molar-refractivity contribution in [2.24, 2.45) is 0 Å². The summed E-state index contributed by atoms with van der Waals surface area (Å²) in [5.41, 5.74) is 0.0672. The Bertz CT molecular complexity index is 1460. The number of carbonyl (C=O) groups is 2. The summed E-state index contributed by atoms with van der Waals surface area (Å²) in [6.45, 7) is 6.56. The average molecular weight is 492 g/mol. The molecule has 0 unspecified atom stereocenters. The second-order valence-electron chi connectivity index (χ2n) is 10.4. The van der Waals surface area contributed by atoms with Crippen molar-refractivity contribution in [3.63, 3.8) is 0 Å². The third kappa shape index (κ3) is 4.01. The van der Waals surface area contributed by atoms with Crippen molar-refractivity contribution in [3.05, 3.63) is 59.7 Å². The van der Waals surface area contributed by atoms with Crippen molar-refractivity contribution in [1.29, 1.82) is 0 Å². The Kier molecular flexibility index (Phi) is 5.78. The molecule has 8 nitrogen and oxygen atoms in total. The van der Waals surface area contributed by atoms with E-state index in [1.807, 2.05) is 42.5 Å². The van der Waals surface area contributed by atoms with Crippen LogP contribution in [0, 0.1) is 0 Å². The van der Waals surface area contributed by atoms with Crippen LogP contribution < -0.4 is 5.32 Å². The van der Waals surface area contributed by atoms with Crippen LogP contribution in [-0.2, 0) is 14.3 Å². The normalized spacial score (nSPS) is 23.0. The molecule has 0 spiro atoms. The van der Waals surface area contributed by atoms with Gasteiger partial charge < -0.3 is 30.1 Å². The van der Waals surface area contributed by atoms with Crippen LogP contribution in [0.1, 0.15) is 51.0 Å². The summed E-state index contributed by atoms with van der Waals surface area (Å²) in [5.74, 6) is -0.815. The van der Waals surface area contributed by atoms with Gasteiger partial charge in [-0.05, 0) is 71.6 Å². The molecule has 4 aromatic carbocycles. The van der Waals surface area contributed by atoms with Gasteiger partial charge in [-0.15, -0.1) is 0 Å². The lowest BCUT2D eigenvalue weighted by atomic mass is 9.78. The summed E-state index contributed by atoms with van der Waals surface area (Å²) in [7, 11) is 0. The highest BCUT2D eigenvalue weighted by atomic mass is 16.6. The number of ether oxygens (including phenoxy) is 2. The minimum absolute atomic E-state index is 0.379. The van der Waals surface area contributed by atoms with Gasteiger partial charge in [-0.1, -0.05) is 42.5 Å². The van der Waals surface area contributed by atoms with Crippen LogP contribution in [0.3, 0.4) is 0 Å². The Hall–Kier alpha value is -3.46. The van der Waals surface area contributed by atoms with Gasteiger partial charge in [-0.3, -0.25) is 0 Å². The van der Waals surface area contributed by atoms with Gasteiger partial charge >= 0.3 is 12.1 Å². The molecule has 4 N–H and O–H groups in total. The maximum Gasteiger partial charge on any atom is 0.408 e. The van der Waals surface area contributed by atoms with E-state index in [9.17, 15) is 24.9 Å². The Balaban J connectivity index is 1.58. The molecule has 0 saturated heterocycles. The predicted octanol–water partition coefficient (Wildman–Crippen LogP) is 3.85. The number of hydrogen-bond acceptors (Lipinski definition) is 7. The first-order chi connectivity index (χ1) is 17.0. The summed E-state index contributed by atoms with van der Waals surface area (Å²) >= 11 is 0. The van der Waals surface area contributed by atoms with E-state index in [-0.39, 0.29) is 0 Å². The molecule has 5 rings (SSSR count). The second-order valence-corrected chi connectivity index (χ2v) is 10.4. The number of carbonyl (C=O) groups excluding carboxylic acids is 2. The summed E-state index contributed by atoms with van der Waals surface area (Å²) in [6, 6.07) is 14.5. The minimum Gasteiger partial charge on any atom is -0.453 e. The highest BCUT2D eigenvalue weighted by Gasteiger charge is 2.44. The Morgan fingerprint density at radius 1 is 0.917 bits per heavy atom. The molecule has 0 aliphatic heterocycles. The average Bonchev–Trinajstić information content (AvgIpc) is 2.82. The summed E-state index contributed by atoms with van der Waals surface area (Å²) in [6.07, 6.45) is -6.57. The molecule has 0 fully saturated rings. The number of rotatable bonds is 3. The van der Waals surface area contributed by atoms with Crippen molar-refractivity contribution in [3.8, 4) is 0 Å². The van der Waals surface area contributed by atoms with Crippen LogP contribution in [0.15, 0.2) is 48.5 Å². The third-order valence-electron chi connectivity index (χ3n) is 6.64. The van der Waals surface area contributed by atoms with E-state index in [0.29, 0.717) is 16.5 Å². The first-order valence-corrected chi connectivity index (χ1v) is 11.9. The molecule has 0 radical (unpaired) electrons. The fourth-order valence-corrected chi connectivity index (χ4v) is 5.04. The van der Waals surface area contributed by atoms with Crippen LogP contribution in [0.5, 0.6) is 0 Å². The molecular formula is C28H29NO7. The topological polar surface area (TPSA) is 125 Å². The molecule has 0 heterocycles. The molecule has 1 aliphatic rings. The summed E-state index contributed by atoms with van der Waals surface area (Å²) in [5, 5.41) is 40.4. The van der Waals surface area contributed by atoms with Crippen LogP contribution in [-0.4, -0.2) is 51.2 Å². The van der Waals surface area contributed by atoms with E-state index in [1.54, 1.807) is 26.8 Å². The molecule has 0 saturated carbocycles. The monoisotopic (exact) mass is 491 g/mol. The molecule has 0 bridgehead atoms. The van der Waals surface area contributed by atoms with E-state index < -0.39 is 48.1 Å². The molecule has 8 heteroatoms. The van der Waals surface area contributed by atoms with Gasteiger partial charge in [0, 0.05) is 5.56 Å². The van der Waals surface area contributed by atoms with Gasteiger partial charge in [0.25, 0.3) is 0 Å². The quantitative estimate of drug-likeness (QED) is 0.253. The summed E-state index contributed by atoms with van der Waals surface area (Å²) < 4.78 is 10.9. The van der Waals surface area contributed by atoms with Gasteiger partial charge in [-0.25, -0.2) is 9.59 Å². The van der Waals surface area contributed by atoms with Crippen molar-refractivity contribution < 1.29 is 34.4 Å². The first kappa shape index (κ1) is 24.2. The zero-order valence-electron chi connectivity index (χ0n) is 20.5. The number of aliphatic hydroxyl groups is 3. The molecule has 1 aliphatic carbocycles. The minimum atomic E-state index is -1.58. The Morgan fingerprint density at radius 3 is 2.22 bits per heavy atom. The maximum atomic E-state index is 13.0. The van der Waals surface area contributed by atoms with Gasteiger partial charge in [0.2, 0.25) is 0 Å². The zero-order chi connectivity index (χ0) is 25.9. The number of nitrogens with one attached hydrogen (secondary N) is 1. The smallest absolute Gasteiger partial charge is 0.408 e. The number of amides is 1. The number of fused-ring (bicyclic) bond motifs is 2. The van der Waals surface area contributed by atoms with E-state index in [4.69, 9.17) is 9.47 Å². The van der Waals surface area contributed by atoms with Crippen LogP contribution in [0.4, 0.5) is 4.79 Å². The SMILES string of the molecule is C[C@H](NC(=O)OC(C)(C)C)C(=O)O[C@H]1c2c(cc3ccc4cccc5ccc2c3c45)[C@@H](O)[C@H](O)[C@@H]1O. The van der Waals surface area contributed by atoms with Crippen molar-refractivity contribution in [2.75, 3.05) is 0 Å². The fraction of sp³-hybridized carbons (Fsp3) is 0.357. The highest BCUT2D eigenvalue weighted by molar-refractivity contribution is 6.23.